The molecule has 2 heterocycles. The standard InChI is InChI=1S/C25H33N5O5S/c1-18(2)27-25(33)20-12-13-23-28-22(17-30(23)16-20)19-9-8-10-21(15-19)29-36(34,35)26-14-7-5-3-4-6-11-24(31)32/h8-10,12-13,15-18,26,29H,3-7,11,14H2,1-2H3,(H,27,33)(H,31,32). The summed E-state index contributed by atoms with van der Waals surface area (Å²) in [6, 6.07) is 10.5. The van der Waals surface area contributed by atoms with Crippen molar-refractivity contribution in [2.45, 2.75) is 58.4 Å². The Morgan fingerprint density at radius 2 is 1.78 bits per heavy atom. The highest BCUT2D eigenvalue weighted by Crippen LogP contribution is 2.23. The number of benzene rings is 1. The molecule has 11 heteroatoms. The summed E-state index contributed by atoms with van der Waals surface area (Å²) in [5.74, 6) is -0.955. The van der Waals surface area contributed by atoms with Crippen molar-refractivity contribution >= 4 is 33.4 Å². The molecule has 10 nitrogen and oxygen atoms in total. The Bertz CT molecular complexity index is 1300. The molecule has 1 amide bonds. The molecular formula is C25H33N5O5S. The van der Waals surface area contributed by atoms with Gasteiger partial charge >= 0.3 is 5.97 Å². The minimum absolute atomic E-state index is 0.0306. The number of carboxylic acid groups (broad SMARTS) is 1. The van der Waals surface area contributed by atoms with E-state index >= 15 is 0 Å². The van der Waals surface area contributed by atoms with Gasteiger partial charge in [0.2, 0.25) is 0 Å². The first-order valence-electron chi connectivity index (χ1n) is 12.0. The molecule has 36 heavy (non-hydrogen) atoms. The zero-order valence-electron chi connectivity index (χ0n) is 20.5. The molecule has 194 valence electrons. The highest BCUT2D eigenvalue weighted by molar-refractivity contribution is 7.90. The lowest BCUT2D eigenvalue weighted by Gasteiger charge is -2.10. The van der Waals surface area contributed by atoms with Crippen LogP contribution in [0.1, 0.15) is 62.7 Å². The number of aliphatic carboxylic acids is 1. The summed E-state index contributed by atoms with van der Waals surface area (Å²) in [4.78, 5) is 27.4. The van der Waals surface area contributed by atoms with E-state index < -0.39 is 16.2 Å². The van der Waals surface area contributed by atoms with E-state index in [9.17, 15) is 18.0 Å². The van der Waals surface area contributed by atoms with E-state index in [1.54, 1.807) is 47.1 Å². The van der Waals surface area contributed by atoms with Crippen LogP contribution in [0.2, 0.25) is 0 Å². The molecule has 3 rings (SSSR count). The Balaban J connectivity index is 1.57. The van der Waals surface area contributed by atoms with Crippen LogP contribution in [0.5, 0.6) is 0 Å². The van der Waals surface area contributed by atoms with Crippen LogP contribution in [0.3, 0.4) is 0 Å². The molecule has 0 spiro atoms. The second kappa shape index (κ2) is 12.5. The number of carboxylic acids is 1. The summed E-state index contributed by atoms with van der Waals surface area (Å²) >= 11 is 0. The molecule has 2 aromatic heterocycles. The molecule has 0 aliphatic heterocycles. The normalized spacial score (nSPS) is 11.6. The molecular weight excluding hydrogens is 482 g/mol. The van der Waals surface area contributed by atoms with Gasteiger partial charge < -0.3 is 14.8 Å². The molecule has 0 saturated heterocycles. The maximum atomic E-state index is 12.4. The molecule has 1 aromatic carbocycles. The van der Waals surface area contributed by atoms with Gasteiger partial charge in [0.05, 0.1) is 16.9 Å². The Kier molecular flexibility index (Phi) is 9.43. The highest BCUT2D eigenvalue weighted by Gasteiger charge is 2.12. The fourth-order valence-corrected chi connectivity index (χ4v) is 4.60. The van der Waals surface area contributed by atoms with Crippen LogP contribution in [-0.2, 0) is 15.0 Å². The van der Waals surface area contributed by atoms with Gasteiger partial charge in [-0.15, -0.1) is 0 Å². The minimum Gasteiger partial charge on any atom is -0.481 e. The lowest BCUT2D eigenvalue weighted by molar-refractivity contribution is -0.137. The van der Waals surface area contributed by atoms with Crippen LogP contribution in [0, 0.1) is 0 Å². The van der Waals surface area contributed by atoms with Gasteiger partial charge in [-0.3, -0.25) is 14.3 Å². The molecule has 0 fully saturated rings. The second-order valence-corrected chi connectivity index (χ2v) is 10.4. The van der Waals surface area contributed by atoms with Gasteiger partial charge in [-0.2, -0.15) is 13.1 Å². The molecule has 0 saturated carbocycles. The summed E-state index contributed by atoms with van der Waals surface area (Å²) < 4.78 is 31.7. The summed E-state index contributed by atoms with van der Waals surface area (Å²) in [6.45, 7) is 4.10. The number of unbranched alkanes of at least 4 members (excludes halogenated alkanes) is 4. The largest absolute Gasteiger partial charge is 0.481 e. The molecule has 0 bridgehead atoms. The zero-order valence-corrected chi connectivity index (χ0v) is 21.3. The number of carbonyl (C=O) groups excluding carboxylic acids is 1. The molecule has 0 aliphatic rings. The fourth-order valence-electron chi connectivity index (χ4n) is 3.68. The van der Waals surface area contributed by atoms with Crippen LogP contribution in [0.15, 0.2) is 48.8 Å². The predicted molar refractivity (Wildman–Crippen MR) is 139 cm³/mol. The van der Waals surface area contributed by atoms with Crippen molar-refractivity contribution in [3.8, 4) is 11.3 Å². The number of hydrogen-bond acceptors (Lipinski definition) is 5. The zero-order chi connectivity index (χ0) is 26.1. The first kappa shape index (κ1) is 27.2. The number of imidazole rings is 1. The number of fused-ring (bicyclic) bond motifs is 1. The van der Waals surface area contributed by atoms with E-state index in [2.05, 4.69) is 19.7 Å². The van der Waals surface area contributed by atoms with Gasteiger partial charge in [0.25, 0.3) is 16.1 Å². The number of anilines is 1. The fraction of sp³-hybridized carbons (Fsp3) is 0.400. The van der Waals surface area contributed by atoms with Crippen molar-refractivity contribution in [3.05, 3.63) is 54.4 Å². The van der Waals surface area contributed by atoms with E-state index in [1.807, 2.05) is 19.9 Å². The third-order valence-electron chi connectivity index (χ3n) is 5.40. The number of carbonyl (C=O) groups is 2. The molecule has 3 aromatic rings. The maximum absolute atomic E-state index is 12.4. The average molecular weight is 516 g/mol. The molecule has 0 radical (unpaired) electrons. The van der Waals surface area contributed by atoms with E-state index in [0.29, 0.717) is 42.0 Å². The predicted octanol–water partition coefficient (Wildman–Crippen LogP) is 3.81. The van der Waals surface area contributed by atoms with Crippen LogP contribution >= 0.6 is 0 Å². The summed E-state index contributed by atoms with van der Waals surface area (Å²) in [7, 11) is -3.74. The molecule has 4 N–H and O–H groups in total. The second-order valence-electron chi connectivity index (χ2n) is 8.93. The van der Waals surface area contributed by atoms with Gasteiger partial charge in [-0.1, -0.05) is 31.4 Å². The minimum atomic E-state index is -3.74. The number of nitrogens with one attached hydrogen (secondary N) is 3. The summed E-state index contributed by atoms with van der Waals surface area (Å²) in [5.41, 5.74) is 2.97. The molecule has 0 atom stereocenters. The number of rotatable bonds is 14. The lowest BCUT2D eigenvalue weighted by Crippen LogP contribution is -2.30. The number of hydrogen-bond donors (Lipinski definition) is 4. The van der Waals surface area contributed by atoms with Crippen LogP contribution in [-0.4, -0.2) is 47.4 Å². The van der Waals surface area contributed by atoms with E-state index in [-0.39, 0.29) is 18.4 Å². The van der Waals surface area contributed by atoms with Crippen LogP contribution in [0.25, 0.3) is 16.9 Å². The highest BCUT2D eigenvalue weighted by atomic mass is 32.2. The Morgan fingerprint density at radius 1 is 1.03 bits per heavy atom. The SMILES string of the molecule is CC(C)NC(=O)c1ccc2nc(-c3cccc(NS(=O)(=O)NCCCCCCCC(=O)O)c3)cn2c1. The monoisotopic (exact) mass is 515 g/mol. The van der Waals surface area contributed by atoms with E-state index in [0.717, 1.165) is 24.8 Å². The first-order valence-corrected chi connectivity index (χ1v) is 13.5. The van der Waals surface area contributed by atoms with Crippen molar-refractivity contribution < 1.29 is 23.1 Å². The van der Waals surface area contributed by atoms with Gasteiger partial charge in [0.15, 0.2) is 0 Å². The van der Waals surface area contributed by atoms with E-state index in [1.165, 1.54) is 0 Å². The van der Waals surface area contributed by atoms with Crippen LogP contribution < -0.4 is 14.8 Å². The smallest absolute Gasteiger partial charge is 0.303 e. The van der Waals surface area contributed by atoms with Gasteiger partial charge in [-0.25, -0.2) is 4.98 Å². The van der Waals surface area contributed by atoms with Crippen molar-refractivity contribution in [1.29, 1.82) is 0 Å². The Labute approximate surface area is 211 Å². The van der Waals surface area contributed by atoms with Gasteiger partial charge in [-0.05, 0) is 51.0 Å². The quantitative estimate of drug-likeness (QED) is 0.241. The van der Waals surface area contributed by atoms with E-state index in [4.69, 9.17) is 5.11 Å². The van der Waals surface area contributed by atoms with Crippen molar-refractivity contribution in [2.75, 3.05) is 11.3 Å². The van der Waals surface area contributed by atoms with Crippen molar-refractivity contribution in [1.82, 2.24) is 19.4 Å². The van der Waals surface area contributed by atoms with Crippen molar-refractivity contribution in [2.24, 2.45) is 0 Å². The topological polar surface area (TPSA) is 142 Å². The number of aromatic nitrogens is 2. The number of pyridine rings is 1. The third kappa shape index (κ3) is 8.35. The average Bonchev–Trinajstić information content (AvgIpc) is 3.23. The van der Waals surface area contributed by atoms with Gasteiger partial charge in [0, 0.05) is 37.0 Å². The summed E-state index contributed by atoms with van der Waals surface area (Å²) in [6.07, 6.45) is 7.50. The third-order valence-corrected chi connectivity index (χ3v) is 6.49. The first-order chi connectivity index (χ1) is 17.1. The number of amides is 1. The lowest BCUT2D eigenvalue weighted by atomic mass is 10.1. The Morgan fingerprint density at radius 3 is 2.53 bits per heavy atom. The number of nitrogens with zero attached hydrogens (tertiary/aromatic N) is 2. The van der Waals surface area contributed by atoms with Crippen molar-refractivity contribution in [3.63, 3.8) is 0 Å². The summed E-state index contributed by atoms with van der Waals surface area (Å²) in [5, 5.41) is 11.5. The molecule has 0 unspecified atom stereocenters. The van der Waals surface area contributed by atoms with Crippen LogP contribution in [0.4, 0.5) is 5.69 Å². The molecule has 0 aliphatic carbocycles. The van der Waals surface area contributed by atoms with Gasteiger partial charge in [0.1, 0.15) is 5.65 Å². The maximum Gasteiger partial charge on any atom is 0.303 e. The Hall–Kier alpha value is -3.44.